The molecule has 0 saturated carbocycles. The van der Waals surface area contributed by atoms with E-state index in [1.165, 1.54) is 29.2 Å². The number of likely N-dealkylation sites (tertiary alicyclic amines) is 2. The number of carbonyl (C=O) groups excluding carboxylic acids is 3. The van der Waals surface area contributed by atoms with Crippen LogP contribution in [0.15, 0.2) is 54.7 Å². The third-order valence-electron chi connectivity index (χ3n) is 8.54. The molecule has 2 aromatic carbocycles. The number of hydrogen-bond acceptors (Lipinski definition) is 9. The Balaban J connectivity index is 0.000000273. The Morgan fingerprint density at radius 3 is 1.56 bits per heavy atom. The van der Waals surface area contributed by atoms with Gasteiger partial charge in [0, 0.05) is 81.6 Å². The van der Waals surface area contributed by atoms with E-state index >= 15 is 0 Å². The SMILES string of the molecule is CC(C)(C)OC(=O)N1CCC(Oc2cc(N)cc(C(F)(F)F)c2)CC1.CC(C)(C)OC(=O)N1CCC(Oc2cc(NC(=O)c3cccnc3F)cc(C(F)(F)F)c2)CC1. The predicted molar refractivity (Wildman–Crippen MR) is 202 cm³/mol. The van der Waals surface area contributed by atoms with Gasteiger partial charge in [0.1, 0.15) is 34.9 Å². The largest absolute Gasteiger partial charge is 0.490 e. The third-order valence-corrected chi connectivity index (χ3v) is 8.54. The number of nitrogens with one attached hydrogen (secondary N) is 1. The summed E-state index contributed by atoms with van der Waals surface area (Å²) in [5, 5.41) is 2.26. The molecule has 0 spiro atoms. The van der Waals surface area contributed by atoms with Gasteiger partial charge >= 0.3 is 24.5 Å². The van der Waals surface area contributed by atoms with Gasteiger partial charge < -0.3 is 39.8 Å². The van der Waals surface area contributed by atoms with Crippen LogP contribution in [0.25, 0.3) is 0 Å². The van der Waals surface area contributed by atoms with Crippen LogP contribution in [-0.2, 0) is 21.8 Å². The Labute approximate surface area is 337 Å². The monoisotopic (exact) mass is 843 g/mol. The zero-order chi connectivity index (χ0) is 43.9. The van der Waals surface area contributed by atoms with E-state index in [2.05, 4.69) is 10.3 Å². The molecule has 3 heterocycles. The van der Waals surface area contributed by atoms with E-state index in [1.54, 1.807) is 46.4 Å². The lowest BCUT2D eigenvalue weighted by molar-refractivity contribution is -0.138. The van der Waals surface area contributed by atoms with Crippen LogP contribution in [0.5, 0.6) is 11.5 Å². The topological polar surface area (TPSA) is 146 Å². The van der Waals surface area contributed by atoms with Crippen LogP contribution in [0.2, 0.25) is 0 Å². The molecule has 59 heavy (non-hydrogen) atoms. The van der Waals surface area contributed by atoms with Gasteiger partial charge in [0.2, 0.25) is 5.95 Å². The van der Waals surface area contributed by atoms with Crippen LogP contribution < -0.4 is 20.5 Å². The van der Waals surface area contributed by atoms with Gasteiger partial charge in [-0.25, -0.2) is 14.6 Å². The second kappa shape index (κ2) is 18.6. The first-order chi connectivity index (χ1) is 27.3. The fourth-order valence-corrected chi connectivity index (χ4v) is 5.86. The number of piperidine rings is 2. The maximum Gasteiger partial charge on any atom is 0.416 e. The second-order valence-electron chi connectivity index (χ2n) is 15.9. The van der Waals surface area contributed by atoms with Crippen LogP contribution in [-0.4, -0.2) is 82.5 Å². The number of nitrogens with two attached hydrogens (primary N) is 1. The highest BCUT2D eigenvalue weighted by molar-refractivity contribution is 6.04. The van der Waals surface area contributed by atoms with Gasteiger partial charge in [-0.15, -0.1) is 0 Å². The molecule has 0 bridgehead atoms. The van der Waals surface area contributed by atoms with Crippen molar-refractivity contribution in [1.29, 1.82) is 0 Å². The summed E-state index contributed by atoms with van der Waals surface area (Å²) in [6.07, 6.45) is -7.81. The molecule has 3 N–H and O–H groups in total. The van der Waals surface area contributed by atoms with E-state index in [0.717, 1.165) is 30.5 Å². The number of rotatable bonds is 6. The standard InChI is InChI=1S/C23H25F4N3O4.C17H23F3N2O3/c1-22(2,3)34-21(32)30-9-6-16(7-10-30)33-17-12-14(23(25,26)27)11-15(13-17)29-20(31)18-5-4-8-28-19(18)24;1-16(2,3)25-15(23)22-6-4-13(5-7-22)24-14-9-11(17(18,19)20)8-12(21)10-14/h4-5,8,11-13,16H,6-7,9-10H2,1-3H3,(H,29,31);8-10,13H,4-7,21H2,1-3H3. The molecule has 3 amide bonds. The summed E-state index contributed by atoms with van der Waals surface area (Å²) < 4.78 is 115. The van der Waals surface area contributed by atoms with Crippen LogP contribution in [0.4, 0.5) is 51.7 Å². The predicted octanol–water partition coefficient (Wildman–Crippen LogP) is 9.34. The van der Waals surface area contributed by atoms with Gasteiger partial charge in [0.15, 0.2) is 0 Å². The number of hydrogen-bond donors (Lipinski definition) is 2. The molecular formula is C40H48F7N5O7. The highest BCUT2D eigenvalue weighted by Gasteiger charge is 2.34. The Morgan fingerprint density at radius 2 is 1.14 bits per heavy atom. The molecule has 0 aliphatic carbocycles. The lowest BCUT2D eigenvalue weighted by Gasteiger charge is -2.33. The zero-order valence-electron chi connectivity index (χ0n) is 33.4. The molecule has 5 rings (SSSR count). The summed E-state index contributed by atoms with van der Waals surface area (Å²) in [5.74, 6) is -2.00. The maximum absolute atomic E-state index is 13.8. The number of nitrogens with zero attached hydrogens (tertiary/aromatic N) is 3. The summed E-state index contributed by atoms with van der Waals surface area (Å²) in [6, 6.07) is 8.50. The Bertz CT molecular complexity index is 1930. The number of amides is 3. The number of aromatic nitrogens is 1. The molecule has 12 nitrogen and oxygen atoms in total. The number of anilines is 2. The summed E-state index contributed by atoms with van der Waals surface area (Å²) in [7, 11) is 0. The van der Waals surface area contributed by atoms with Crippen molar-refractivity contribution in [3.05, 3.63) is 77.4 Å². The number of carbonyl (C=O) groups is 3. The van der Waals surface area contributed by atoms with Crippen LogP contribution >= 0.6 is 0 Å². The average molecular weight is 844 g/mol. The molecule has 2 saturated heterocycles. The van der Waals surface area contributed by atoms with E-state index in [4.69, 9.17) is 24.7 Å². The maximum atomic E-state index is 13.8. The lowest BCUT2D eigenvalue weighted by atomic mass is 10.1. The quantitative estimate of drug-likeness (QED) is 0.141. The minimum atomic E-state index is -4.70. The van der Waals surface area contributed by atoms with E-state index < -0.39 is 70.4 Å². The molecule has 324 valence electrons. The molecule has 2 aliphatic rings. The molecule has 0 radical (unpaired) electrons. The van der Waals surface area contributed by atoms with Gasteiger partial charge in [-0.05, 0) is 77.9 Å². The number of alkyl halides is 6. The fourth-order valence-electron chi connectivity index (χ4n) is 5.86. The highest BCUT2D eigenvalue weighted by Crippen LogP contribution is 2.36. The van der Waals surface area contributed by atoms with Crippen LogP contribution in [0, 0.1) is 5.95 Å². The summed E-state index contributed by atoms with van der Waals surface area (Å²) in [4.78, 5) is 43.0. The number of nitrogen functional groups attached to an aromatic ring is 1. The molecule has 1 aromatic heterocycles. The smallest absolute Gasteiger partial charge is 0.416 e. The van der Waals surface area contributed by atoms with Gasteiger partial charge in [-0.2, -0.15) is 30.7 Å². The van der Waals surface area contributed by atoms with E-state index in [9.17, 15) is 45.1 Å². The van der Waals surface area contributed by atoms with Crippen molar-refractivity contribution in [1.82, 2.24) is 14.8 Å². The van der Waals surface area contributed by atoms with Gasteiger partial charge in [0.05, 0.1) is 16.7 Å². The van der Waals surface area contributed by atoms with Crippen molar-refractivity contribution >= 4 is 29.5 Å². The molecule has 2 aliphatic heterocycles. The van der Waals surface area contributed by atoms with Crippen molar-refractivity contribution in [3.8, 4) is 11.5 Å². The first kappa shape index (κ1) is 46.2. The normalized spacial score (nSPS) is 15.7. The molecule has 0 atom stereocenters. The van der Waals surface area contributed by atoms with Gasteiger partial charge in [0.25, 0.3) is 5.91 Å². The number of pyridine rings is 1. The minimum absolute atomic E-state index is 0.00369. The molecule has 3 aromatic rings. The number of benzene rings is 2. The number of ether oxygens (including phenoxy) is 4. The van der Waals surface area contributed by atoms with Crippen LogP contribution in [0.3, 0.4) is 0 Å². The summed E-state index contributed by atoms with van der Waals surface area (Å²) in [5.41, 5.74) is 1.84. The lowest BCUT2D eigenvalue weighted by Crippen LogP contribution is -2.44. The van der Waals surface area contributed by atoms with E-state index in [0.29, 0.717) is 51.9 Å². The summed E-state index contributed by atoms with van der Waals surface area (Å²) in [6.45, 7) is 12.1. The zero-order valence-corrected chi connectivity index (χ0v) is 33.4. The van der Waals surface area contributed by atoms with E-state index in [1.807, 2.05) is 0 Å². The van der Waals surface area contributed by atoms with Gasteiger partial charge in [-0.1, -0.05) is 0 Å². The van der Waals surface area contributed by atoms with Crippen molar-refractivity contribution in [2.45, 2.75) is 103 Å². The highest BCUT2D eigenvalue weighted by atomic mass is 19.4. The molecule has 0 unspecified atom stereocenters. The van der Waals surface area contributed by atoms with Crippen molar-refractivity contribution in [2.75, 3.05) is 37.2 Å². The van der Waals surface area contributed by atoms with E-state index in [-0.39, 0.29) is 29.0 Å². The molecular weight excluding hydrogens is 795 g/mol. The Hall–Kier alpha value is -5.49. The van der Waals surface area contributed by atoms with Crippen molar-refractivity contribution < 1.29 is 64.1 Å². The van der Waals surface area contributed by atoms with Crippen molar-refractivity contribution in [3.63, 3.8) is 0 Å². The van der Waals surface area contributed by atoms with Crippen LogP contribution in [0.1, 0.15) is 88.7 Å². The fraction of sp³-hybridized carbons (Fsp3) is 0.500. The Morgan fingerprint density at radius 1 is 0.695 bits per heavy atom. The third kappa shape index (κ3) is 14.7. The minimum Gasteiger partial charge on any atom is -0.490 e. The number of halogens is 7. The summed E-state index contributed by atoms with van der Waals surface area (Å²) >= 11 is 0. The van der Waals surface area contributed by atoms with Gasteiger partial charge in [-0.3, -0.25) is 4.79 Å². The first-order valence-electron chi connectivity index (χ1n) is 18.7. The van der Waals surface area contributed by atoms with Crippen molar-refractivity contribution in [2.24, 2.45) is 0 Å². The Kier molecular flexibility index (Phi) is 14.6. The average Bonchev–Trinajstić information content (AvgIpc) is 3.10. The first-order valence-corrected chi connectivity index (χ1v) is 18.7. The second-order valence-corrected chi connectivity index (χ2v) is 15.9. The molecule has 19 heteroatoms. The molecule has 2 fully saturated rings.